The van der Waals surface area contributed by atoms with E-state index in [4.69, 9.17) is 9.47 Å². The van der Waals surface area contributed by atoms with Crippen LogP contribution in [0.25, 0.3) is 19.3 Å². The van der Waals surface area contributed by atoms with Crippen molar-refractivity contribution in [2.75, 3.05) is 13.2 Å². The van der Waals surface area contributed by atoms with Gasteiger partial charge in [-0.25, -0.2) is 0 Å². The molecule has 0 bridgehead atoms. The van der Waals surface area contributed by atoms with Gasteiger partial charge in [0.1, 0.15) is 0 Å². The van der Waals surface area contributed by atoms with Gasteiger partial charge in [0, 0.05) is 0 Å². The van der Waals surface area contributed by atoms with Crippen molar-refractivity contribution in [3.8, 4) is 11.5 Å². The molecule has 0 spiro atoms. The Morgan fingerprint density at radius 3 is 1.50 bits per heavy atom. The third kappa shape index (κ3) is 5.77. The van der Waals surface area contributed by atoms with Crippen molar-refractivity contribution in [3.63, 3.8) is 0 Å². The molecule has 0 saturated heterocycles. The Bertz CT molecular complexity index is 774. The Morgan fingerprint density at radius 2 is 1.13 bits per heavy atom. The molecule has 0 fully saturated rings. The number of unbranched alkanes of at least 4 members (excludes halogenated alkanes) is 2. The Kier molecular flexibility index (Phi) is 9.91. The zero-order chi connectivity index (χ0) is 21.3. The molecule has 4 heteroatoms. The zero-order valence-corrected chi connectivity index (χ0v) is 22.6. The topological polar surface area (TPSA) is 18.5 Å². The second-order valence-electron chi connectivity index (χ2n) is 8.44. The normalized spacial score (nSPS) is 13.7. The number of ether oxygens (including phenoxy) is 2. The first-order valence-corrected chi connectivity index (χ1v) is 15.6. The van der Waals surface area contributed by atoms with Crippen LogP contribution in [0, 0.1) is 11.8 Å². The molecule has 30 heavy (non-hydrogen) atoms. The van der Waals surface area contributed by atoms with Crippen molar-refractivity contribution in [1.82, 2.24) is 0 Å². The molecular weight excluding hydrogens is 502 g/mol. The number of hydrogen-bond acceptors (Lipinski definition) is 2. The number of fused-ring (bicyclic) bond motifs is 2. The fourth-order valence-electron chi connectivity index (χ4n) is 4.06. The molecule has 2 atom stereocenters. The second-order valence-corrected chi connectivity index (χ2v) is 12.3. The average molecular weight is 541 g/mol. The van der Waals surface area contributed by atoms with Gasteiger partial charge in [-0.3, -0.25) is 0 Å². The van der Waals surface area contributed by atoms with Gasteiger partial charge in [0.05, 0.1) is 0 Å². The first kappa shape index (κ1) is 24.0. The number of benzene rings is 1. The molecular formula is C26H38O2Se2. The van der Waals surface area contributed by atoms with E-state index < -0.39 is 0 Å². The number of rotatable bonds is 14. The van der Waals surface area contributed by atoms with E-state index >= 15 is 0 Å². The van der Waals surface area contributed by atoms with Crippen LogP contribution in [-0.2, 0) is 0 Å². The molecule has 0 amide bonds. The molecule has 1 aromatic carbocycles. The second kappa shape index (κ2) is 12.4. The molecule has 166 valence electrons. The van der Waals surface area contributed by atoms with Crippen molar-refractivity contribution in [2.24, 2.45) is 11.8 Å². The van der Waals surface area contributed by atoms with Crippen molar-refractivity contribution in [1.29, 1.82) is 0 Å². The van der Waals surface area contributed by atoms with E-state index in [0.717, 1.165) is 13.2 Å². The van der Waals surface area contributed by atoms with E-state index in [1.54, 1.807) is 0 Å². The fourth-order valence-corrected chi connectivity index (χ4v) is 7.85. The predicted molar refractivity (Wildman–Crippen MR) is 133 cm³/mol. The summed E-state index contributed by atoms with van der Waals surface area (Å²) in [6, 6.07) is 4.60. The fraction of sp³-hybridized carbons (Fsp3) is 0.615. The monoisotopic (exact) mass is 542 g/mol. The molecule has 0 N–H and O–H groups in total. The van der Waals surface area contributed by atoms with Crippen LogP contribution in [0.5, 0.6) is 11.5 Å². The summed E-state index contributed by atoms with van der Waals surface area (Å²) in [4.78, 5) is 4.68. The van der Waals surface area contributed by atoms with Gasteiger partial charge in [0.2, 0.25) is 0 Å². The Morgan fingerprint density at radius 1 is 0.700 bits per heavy atom. The SMILES string of the molecule is CCCCC(CC)COc1c2cc[se]c2c(OCC(CC)CCCC)c2cc[se]c12. The van der Waals surface area contributed by atoms with Crippen LogP contribution in [0.15, 0.2) is 22.0 Å². The Labute approximate surface area is 194 Å². The summed E-state index contributed by atoms with van der Waals surface area (Å²) >= 11 is 0.692. The van der Waals surface area contributed by atoms with Crippen molar-refractivity contribution < 1.29 is 9.47 Å². The first-order chi connectivity index (χ1) is 14.7. The molecule has 0 aliphatic carbocycles. The summed E-state index contributed by atoms with van der Waals surface area (Å²) in [5, 5.41) is 2.64. The summed E-state index contributed by atoms with van der Waals surface area (Å²) in [6.45, 7) is 10.8. The molecule has 3 rings (SSSR count). The van der Waals surface area contributed by atoms with Gasteiger partial charge < -0.3 is 0 Å². The molecule has 2 aromatic heterocycles. The Hall–Kier alpha value is -0.661. The van der Waals surface area contributed by atoms with Gasteiger partial charge in [0.15, 0.2) is 0 Å². The van der Waals surface area contributed by atoms with Crippen LogP contribution < -0.4 is 9.47 Å². The van der Waals surface area contributed by atoms with Crippen LogP contribution in [0.1, 0.15) is 79.1 Å². The van der Waals surface area contributed by atoms with Crippen LogP contribution in [0.4, 0.5) is 0 Å². The molecule has 0 saturated carbocycles. The van der Waals surface area contributed by atoms with Crippen LogP contribution in [0.2, 0.25) is 0 Å². The van der Waals surface area contributed by atoms with Gasteiger partial charge in [0.25, 0.3) is 0 Å². The van der Waals surface area contributed by atoms with E-state index in [9.17, 15) is 0 Å². The average Bonchev–Trinajstić information content (AvgIpc) is 3.44. The van der Waals surface area contributed by atoms with Gasteiger partial charge in [-0.1, -0.05) is 0 Å². The summed E-state index contributed by atoms with van der Waals surface area (Å²) < 4.78 is 16.0. The number of hydrogen-bond donors (Lipinski definition) is 0. The first-order valence-electron chi connectivity index (χ1n) is 11.9. The Balaban J connectivity index is 1.85. The summed E-state index contributed by atoms with van der Waals surface area (Å²) in [6.07, 6.45) is 10.1. The molecule has 0 radical (unpaired) electrons. The zero-order valence-electron chi connectivity index (χ0n) is 19.2. The van der Waals surface area contributed by atoms with E-state index in [1.165, 1.54) is 82.2 Å². The standard InChI is InChI=1S/C26H38O2Se2/c1-5-9-11-19(7-3)17-27-23-21-13-15-30-26(21)24(22-14-16-29-25(22)23)28-18-20(8-4)12-10-6-2/h13-16,19-20H,5-12,17-18H2,1-4H3. The third-order valence-corrected chi connectivity index (χ3v) is 10.1. The summed E-state index contributed by atoms with van der Waals surface area (Å²) in [5.74, 6) is 3.66. The van der Waals surface area contributed by atoms with E-state index in [2.05, 4.69) is 49.7 Å². The predicted octanol–water partition coefficient (Wildman–Crippen LogP) is 7.30. The minimum absolute atomic E-state index is 0.346. The van der Waals surface area contributed by atoms with E-state index in [1.807, 2.05) is 0 Å². The van der Waals surface area contributed by atoms with Crippen LogP contribution in [-0.4, -0.2) is 42.2 Å². The molecule has 3 aromatic rings. The van der Waals surface area contributed by atoms with Crippen LogP contribution in [0.3, 0.4) is 0 Å². The minimum atomic E-state index is 0.346. The van der Waals surface area contributed by atoms with E-state index in [-0.39, 0.29) is 0 Å². The van der Waals surface area contributed by atoms with Crippen LogP contribution >= 0.6 is 0 Å². The molecule has 2 heterocycles. The third-order valence-electron chi connectivity index (χ3n) is 6.25. The molecule has 0 aliphatic heterocycles. The van der Waals surface area contributed by atoms with Gasteiger partial charge in [-0.2, -0.15) is 0 Å². The molecule has 0 aliphatic rings. The summed E-state index contributed by atoms with van der Waals surface area (Å²) in [5.41, 5.74) is 0. The molecule has 2 nitrogen and oxygen atoms in total. The molecule has 2 unspecified atom stereocenters. The van der Waals surface area contributed by atoms with Gasteiger partial charge in [-0.05, 0) is 0 Å². The van der Waals surface area contributed by atoms with Crippen molar-refractivity contribution in [3.05, 3.63) is 22.0 Å². The maximum atomic E-state index is 6.58. The van der Waals surface area contributed by atoms with Crippen molar-refractivity contribution >= 4 is 48.3 Å². The van der Waals surface area contributed by atoms with E-state index in [0.29, 0.717) is 40.8 Å². The van der Waals surface area contributed by atoms with Crippen molar-refractivity contribution in [2.45, 2.75) is 79.1 Å². The van der Waals surface area contributed by atoms with Gasteiger partial charge >= 0.3 is 195 Å². The van der Waals surface area contributed by atoms with Gasteiger partial charge in [-0.15, -0.1) is 0 Å². The summed E-state index contributed by atoms with van der Waals surface area (Å²) in [7, 11) is 0. The quantitative estimate of drug-likeness (QED) is 0.200. The maximum absolute atomic E-state index is 6.58.